The molecule has 0 fully saturated rings. The number of terminal acetylenes is 1. The molecule has 0 saturated carbocycles. The molecule has 4 rings (SSSR count). The number of sulfonamides is 1. The van der Waals surface area contributed by atoms with E-state index in [1.807, 2.05) is 0 Å². The molecule has 1 amide bonds. The van der Waals surface area contributed by atoms with Crippen molar-refractivity contribution in [3.05, 3.63) is 87.9 Å². The van der Waals surface area contributed by atoms with E-state index in [9.17, 15) is 17.6 Å². The number of nitrogens with one attached hydrogen (secondary N) is 1. The molecule has 33 heavy (non-hydrogen) atoms. The molecular formula is C23H15ClFN3O3S2. The van der Waals surface area contributed by atoms with Crippen molar-refractivity contribution in [2.45, 2.75) is 11.4 Å². The van der Waals surface area contributed by atoms with Crippen LogP contribution in [0.2, 0.25) is 5.02 Å². The zero-order valence-electron chi connectivity index (χ0n) is 16.8. The van der Waals surface area contributed by atoms with Crippen LogP contribution in [0.1, 0.15) is 10.4 Å². The van der Waals surface area contributed by atoms with Crippen LogP contribution < -0.4 is 9.52 Å². The van der Waals surface area contributed by atoms with Gasteiger partial charge in [-0.2, -0.15) is 4.99 Å². The van der Waals surface area contributed by atoms with Crippen LogP contribution in [0.4, 0.5) is 10.1 Å². The molecule has 6 nitrogen and oxygen atoms in total. The van der Waals surface area contributed by atoms with Crippen molar-refractivity contribution in [1.29, 1.82) is 0 Å². The van der Waals surface area contributed by atoms with Crippen molar-refractivity contribution in [2.24, 2.45) is 4.99 Å². The molecule has 0 aliphatic carbocycles. The number of amides is 1. The number of benzene rings is 3. The second-order valence-corrected chi connectivity index (χ2v) is 9.97. The zero-order valence-corrected chi connectivity index (χ0v) is 19.2. The molecule has 166 valence electrons. The SMILES string of the molecule is C#CCn1c(=NC(=O)c2ccc(NS(=O)(=O)c3ccc(Cl)cc3)cc2)sc2cc(F)ccc21. The first-order valence-electron chi connectivity index (χ1n) is 9.47. The number of rotatable bonds is 5. The van der Waals surface area contributed by atoms with E-state index < -0.39 is 21.7 Å². The maximum Gasteiger partial charge on any atom is 0.279 e. The molecule has 0 bridgehead atoms. The minimum atomic E-state index is -3.81. The van der Waals surface area contributed by atoms with E-state index in [0.717, 1.165) is 11.3 Å². The Morgan fingerprint density at radius 3 is 2.48 bits per heavy atom. The predicted molar refractivity (Wildman–Crippen MR) is 127 cm³/mol. The molecule has 1 N–H and O–H groups in total. The van der Waals surface area contributed by atoms with E-state index in [1.54, 1.807) is 10.6 Å². The molecule has 0 spiro atoms. The average molecular weight is 500 g/mol. The maximum absolute atomic E-state index is 13.6. The largest absolute Gasteiger partial charge is 0.305 e. The summed E-state index contributed by atoms with van der Waals surface area (Å²) < 4.78 is 43.3. The zero-order chi connectivity index (χ0) is 23.6. The lowest BCUT2D eigenvalue weighted by Crippen LogP contribution is -2.16. The molecule has 0 aliphatic rings. The summed E-state index contributed by atoms with van der Waals surface area (Å²) in [6, 6.07) is 15.9. The lowest BCUT2D eigenvalue weighted by atomic mass is 10.2. The van der Waals surface area contributed by atoms with Gasteiger partial charge in [0.2, 0.25) is 0 Å². The number of nitrogens with zero attached hydrogens (tertiary/aromatic N) is 2. The minimum Gasteiger partial charge on any atom is -0.305 e. The Hall–Kier alpha value is -3.45. The fraction of sp³-hybridized carbons (Fsp3) is 0.0435. The van der Waals surface area contributed by atoms with Crippen LogP contribution in [0, 0.1) is 18.2 Å². The third-order valence-electron chi connectivity index (χ3n) is 4.60. The quantitative estimate of drug-likeness (QED) is 0.405. The lowest BCUT2D eigenvalue weighted by Gasteiger charge is -2.08. The predicted octanol–water partition coefficient (Wildman–Crippen LogP) is 4.67. The fourth-order valence-corrected chi connectivity index (χ4v) is 5.27. The van der Waals surface area contributed by atoms with Crippen molar-refractivity contribution < 1.29 is 17.6 Å². The summed E-state index contributed by atoms with van der Waals surface area (Å²) in [6.45, 7) is 0.170. The Morgan fingerprint density at radius 2 is 1.82 bits per heavy atom. The Labute approximate surface area is 198 Å². The van der Waals surface area contributed by atoms with Crippen LogP contribution in [-0.4, -0.2) is 18.9 Å². The van der Waals surface area contributed by atoms with E-state index in [4.69, 9.17) is 18.0 Å². The Balaban J connectivity index is 1.60. The van der Waals surface area contributed by atoms with E-state index in [2.05, 4.69) is 15.6 Å². The van der Waals surface area contributed by atoms with Gasteiger partial charge in [-0.15, -0.1) is 6.42 Å². The van der Waals surface area contributed by atoms with Crippen molar-refractivity contribution in [3.63, 3.8) is 0 Å². The molecule has 1 aromatic heterocycles. The Bertz CT molecular complexity index is 1570. The maximum atomic E-state index is 13.6. The monoisotopic (exact) mass is 499 g/mol. The van der Waals surface area contributed by atoms with Crippen molar-refractivity contribution in [1.82, 2.24) is 4.57 Å². The van der Waals surface area contributed by atoms with Gasteiger partial charge in [0.25, 0.3) is 15.9 Å². The van der Waals surface area contributed by atoms with Crippen LogP contribution >= 0.6 is 22.9 Å². The number of hydrogen-bond donors (Lipinski definition) is 1. The van der Waals surface area contributed by atoms with Crippen LogP contribution in [0.5, 0.6) is 0 Å². The summed E-state index contributed by atoms with van der Waals surface area (Å²) in [7, 11) is -3.81. The number of carbonyl (C=O) groups is 1. The summed E-state index contributed by atoms with van der Waals surface area (Å²) in [5.41, 5.74) is 1.21. The van der Waals surface area contributed by atoms with E-state index in [0.29, 0.717) is 20.0 Å². The summed E-state index contributed by atoms with van der Waals surface area (Å²) in [5.74, 6) is 1.57. The van der Waals surface area contributed by atoms with Crippen LogP contribution in [0.3, 0.4) is 0 Å². The van der Waals surface area contributed by atoms with Gasteiger partial charge in [0.05, 0.1) is 21.7 Å². The standard InChI is InChI=1S/C23H15ClFN3O3S2/c1-2-13-28-20-12-7-17(25)14-21(20)32-23(28)26-22(29)15-3-8-18(9-4-15)27-33(30,31)19-10-5-16(24)6-11-19/h1,3-12,14,27H,13H2. The first-order chi connectivity index (χ1) is 15.8. The normalized spacial score (nSPS) is 12.0. The van der Waals surface area contributed by atoms with Crippen LogP contribution in [-0.2, 0) is 16.6 Å². The van der Waals surface area contributed by atoms with Gasteiger partial charge < -0.3 is 4.57 Å². The van der Waals surface area contributed by atoms with Crippen LogP contribution in [0.15, 0.2) is 76.6 Å². The highest BCUT2D eigenvalue weighted by Crippen LogP contribution is 2.20. The summed E-state index contributed by atoms with van der Waals surface area (Å²) >= 11 is 6.95. The second kappa shape index (κ2) is 9.19. The molecule has 4 aromatic rings. The molecule has 0 atom stereocenters. The highest BCUT2D eigenvalue weighted by molar-refractivity contribution is 7.92. The van der Waals surface area contributed by atoms with E-state index >= 15 is 0 Å². The summed E-state index contributed by atoms with van der Waals surface area (Å²) in [5, 5.41) is 0.424. The Kier molecular flexibility index (Phi) is 6.33. The highest BCUT2D eigenvalue weighted by Gasteiger charge is 2.15. The van der Waals surface area contributed by atoms with Gasteiger partial charge in [0, 0.05) is 16.3 Å². The number of thiazole rings is 1. The topological polar surface area (TPSA) is 80.5 Å². The summed E-state index contributed by atoms with van der Waals surface area (Å²) in [6.07, 6.45) is 5.44. The smallest absolute Gasteiger partial charge is 0.279 e. The second-order valence-electron chi connectivity index (χ2n) is 6.84. The van der Waals surface area contributed by atoms with E-state index in [-0.39, 0.29) is 22.7 Å². The number of hydrogen-bond acceptors (Lipinski definition) is 4. The first kappa shape index (κ1) is 22.7. The lowest BCUT2D eigenvalue weighted by molar-refractivity contribution is 0.0998. The highest BCUT2D eigenvalue weighted by atomic mass is 35.5. The van der Waals surface area contributed by atoms with Gasteiger partial charge in [0.15, 0.2) is 4.80 Å². The van der Waals surface area contributed by atoms with Crippen molar-refractivity contribution in [2.75, 3.05) is 4.72 Å². The molecular weight excluding hydrogens is 485 g/mol. The molecule has 0 aliphatic heterocycles. The molecule has 0 radical (unpaired) electrons. The third kappa shape index (κ3) is 4.98. The number of carbonyl (C=O) groups excluding carboxylic acids is 1. The van der Waals surface area contributed by atoms with E-state index in [1.165, 1.54) is 60.7 Å². The number of halogens is 2. The molecule has 10 heteroatoms. The third-order valence-corrected chi connectivity index (χ3v) is 7.29. The first-order valence-corrected chi connectivity index (χ1v) is 12.1. The molecule has 1 heterocycles. The number of anilines is 1. The average Bonchev–Trinajstić information content (AvgIpc) is 3.10. The molecule has 0 saturated heterocycles. The van der Waals surface area contributed by atoms with Crippen molar-refractivity contribution >= 4 is 54.8 Å². The Morgan fingerprint density at radius 1 is 1.12 bits per heavy atom. The number of fused-ring (bicyclic) bond motifs is 1. The van der Waals surface area contributed by atoms with Gasteiger partial charge in [0.1, 0.15) is 5.82 Å². The van der Waals surface area contributed by atoms with Crippen LogP contribution in [0.25, 0.3) is 10.2 Å². The minimum absolute atomic E-state index is 0.0568. The fourth-order valence-electron chi connectivity index (χ4n) is 3.04. The van der Waals surface area contributed by atoms with Gasteiger partial charge in [-0.3, -0.25) is 9.52 Å². The number of aromatic nitrogens is 1. The summed E-state index contributed by atoms with van der Waals surface area (Å²) in [4.78, 5) is 17.3. The van der Waals surface area contributed by atoms with Gasteiger partial charge in [-0.25, -0.2) is 12.8 Å². The van der Waals surface area contributed by atoms with Gasteiger partial charge >= 0.3 is 0 Å². The molecule has 3 aromatic carbocycles. The van der Waals surface area contributed by atoms with Gasteiger partial charge in [-0.1, -0.05) is 28.9 Å². The van der Waals surface area contributed by atoms with Gasteiger partial charge in [-0.05, 0) is 66.7 Å². The van der Waals surface area contributed by atoms with Crippen molar-refractivity contribution in [3.8, 4) is 12.3 Å². The molecule has 0 unspecified atom stereocenters.